The highest BCUT2D eigenvalue weighted by Gasteiger charge is 2.36. The SMILES string of the molecule is Clc1sc([Si](c2sc(Cl)c(Cl)c2Cl)c2sc(Cl)c(Cl)c2Cl)c(Cl)c1Cl. The molecule has 0 bridgehead atoms. The van der Waals surface area contributed by atoms with E-state index in [1.807, 2.05) is 0 Å². The average molecular weight is 587 g/mol. The molecule has 0 spiro atoms. The van der Waals surface area contributed by atoms with E-state index < -0.39 is 8.80 Å². The van der Waals surface area contributed by atoms with Crippen LogP contribution in [0.4, 0.5) is 0 Å². The van der Waals surface area contributed by atoms with Gasteiger partial charge in [0.15, 0.2) is 8.80 Å². The number of rotatable bonds is 3. The van der Waals surface area contributed by atoms with Crippen molar-refractivity contribution in [2.75, 3.05) is 0 Å². The van der Waals surface area contributed by atoms with Crippen LogP contribution in [0.2, 0.25) is 43.1 Å². The van der Waals surface area contributed by atoms with E-state index in [-0.39, 0.29) is 15.1 Å². The van der Waals surface area contributed by atoms with Crippen molar-refractivity contribution in [3.8, 4) is 0 Å². The van der Waals surface area contributed by atoms with Crippen LogP contribution in [0.1, 0.15) is 0 Å². The summed E-state index contributed by atoms with van der Waals surface area (Å²) in [6, 6.07) is 0. The first kappa shape index (κ1) is 21.6. The molecule has 3 rings (SSSR count). The molecular weight excluding hydrogens is 587 g/mol. The van der Waals surface area contributed by atoms with Crippen LogP contribution in [0.15, 0.2) is 0 Å². The van der Waals surface area contributed by atoms with Crippen molar-refractivity contribution in [2.45, 2.75) is 0 Å². The molecule has 0 fully saturated rings. The smallest absolute Gasteiger partial charge is 0.129 e. The Morgan fingerprint density at radius 3 is 0.800 bits per heavy atom. The van der Waals surface area contributed by atoms with Crippen molar-refractivity contribution >= 4 is 161 Å². The lowest BCUT2D eigenvalue weighted by Crippen LogP contribution is -2.49. The Morgan fingerprint density at radius 1 is 0.400 bits per heavy atom. The van der Waals surface area contributed by atoms with E-state index >= 15 is 0 Å². The van der Waals surface area contributed by atoms with Crippen LogP contribution in [0.5, 0.6) is 0 Å². The van der Waals surface area contributed by atoms with Crippen LogP contribution in [-0.4, -0.2) is 8.80 Å². The predicted octanol–water partition coefficient (Wildman–Crippen LogP) is 8.27. The van der Waals surface area contributed by atoms with Gasteiger partial charge < -0.3 is 0 Å². The molecule has 0 atom stereocenters. The summed E-state index contributed by atoms with van der Waals surface area (Å²) in [7, 11) is -1.82. The normalized spacial score (nSPS) is 11.8. The second-order valence-electron chi connectivity index (χ2n) is 4.37. The molecule has 0 aliphatic rings. The molecule has 0 nitrogen and oxygen atoms in total. The zero-order valence-corrected chi connectivity index (χ0v) is 21.4. The van der Waals surface area contributed by atoms with Gasteiger partial charge in [0, 0.05) is 13.5 Å². The van der Waals surface area contributed by atoms with Crippen LogP contribution in [0.25, 0.3) is 0 Å². The molecule has 1 radical (unpaired) electrons. The molecule has 0 aromatic carbocycles. The van der Waals surface area contributed by atoms with E-state index in [1.54, 1.807) is 0 Å². The first-order valence-corrected chi connectivity index (χ1v) is 13.3. The fourth-order valence-corrected chi connectivity index (χ4v) is 14.2. The predicted molar refractivity (Wildman–Crippen MR) is 123 cm³/mol. The molecule has 133 valence electrons. The van der Waals surface area contributed by atoms with Crippen LogP contribution >= 0.6 is 138 Å². The fraction of sp³-hybridized carbons (Fsp3) is 0. The summed E-state index contributed by atoms with van der Waals surface area (Å²) in [4.78, 5) is 0. The minimum absolute atomic E-state index is 0.278. The highest BCUT2D eigenvalue weighted by atomic mass is 35.5. The monoisotopic (exact) mass is 583 g/mol. The Hall–Kier alpha value is 1.93. The Balaban J connectivity index is 2.34. The van der Waals surface area contributed by atoms with Crippen molar-refractivity contribution < 1.29 is 0 Å². The molecule has 0 saturated carbocycles. The molecule has 0 unspecified atom stereocenters. The summed E-state index contributed by atoms with van der Waals surface area (Å²) in [5.74, 6) is 0. The van der Waals surface area contributed by atoms with E-state index in [1.165, 1.54) is 34.0 Å². The Labute approximate surface area is 201 Å². The van der Waals surface area contributed by atoms with E-state index in [2.05, 4.69) is 0 Å². The maximum atomic E-state index is 6.42. The third-order valence-electron chi connectivity index (χ3n) is 2.95. The van der Waals surface area contributed by atoms with Gasteiger partial charge in [0.2, 0.25) is 0 Å². The van der Waals surface area contributed by atoms with E-state index in [9.17, 15) is 0 Å². The number of hydrogen-bond acceptors (Lipinski definition) is 3. The van der Waals surface area contributed by atoms with Gasteiger partial charge in [-0.2, -0.15) is 0 Å². The zero-order valence-electron chi connectivity index (χ0n) is 11.1. The van der Waals surface area contributed by atoms with Crippen molar-refractivity contribution in [2.24, 2.45) is 0 Å². The summed E-state index contributed by atoms with van der Waals surface area (Å²) in [6.45, 7) is 0. The number of thiophene rings is 3. The Kier molecular flexibility index (Phi) is 7.22. The molecule has 3 heterocycles. The summed E-state index contributed by atoms with van der Waals surface area (Å²) in [5.41, 5.74) is 0. The molecule has 3 aromatic rings. The van der Waals surface area contributed by atoms with E-state index in [0.29, 0.717) is 28.1 Å². The molecule has 0 amide bonds. The van der Waals surface area contributed by atoms with Crippen LogP contribution < -0.4 is 13.5 Å². The van der Waals surface area contributed by atoms with Gasteiger partial charge in [-0.05, 0) is 0 Å². The third-order valence-corrected chi connectivity index (χ3v) is 15.5. The van der Waals surface area contributed by atoms with Gasteiger partial charge in [-0.1, -0.05) is 104 Å². The van der Waals surface area contributed by atoms with Crippen molar-refractivity contribution in [3.63, 3.8) is 0 Å². The van der Waals surface area contributed by atoms with Crippen LogP contribution in [0.3, 0.4) is 0 Å². The lowest BCUT2D eigenvalue weighted by molar-refractivity contribution is 1.98. The first-order valence-electron chi connectivity index (χ1n) is 5.93. The fourth-order valence-electron chi connectivity index (χ4n) is 1.89. The maximum absolute atomic E-state index is 6.42. The van der Waals surface area contributed by atoms with Gasteiger partial charge in [0.1, 0.15) is 13.0 Å². The minimum Gasteiger partial charge on any atom is -0.129 e. The lowest BCUT2D eigenvalue weighted by Gasteiger charge is -2.12. The third kappa shape index (κ3) is 3.87. The highest BCUT2D eigenvalue weighted by Crippen LogP contribution is 2.40. The maximum Gasteiger partial charge on any atom is 0.200 e. The van der Waals surface area contributed by atoms with Gasteiger partial charge in [0.05, 0.1) is 30.1 Å². The molecule has 0 N–H and O–H groups in total. The molecule has 3 aromatic heterocycles. The Bertz CT molecular complexity index is 849. The van der Waals surface area contributed by atoms with Crippen LogP contribution in [-0.2, 0) is 0 Å². The topological polar surface area (TPSA) is 0 Å². The minimum atomic E-state index is -1.82. The van der Waals surface area contributed by atoms with Crippen molar-refractivity contribution in [1.82, 2.24) is 0 Å². The van der Waals surface area contributed by atoms with Gasteiger partial charge >= 0.3 is 0 Å². The molecule has 0 aliphatic carbocycles. The highest BCUT2D eigenvalue weighted by molar-refractivity contribution is 7.43. The van der Waals surface area contributed by atoms with E-state index in [4.69, 9.17) is 104 Å². The van der Waals surface area contributed by atoms with Crippen LogP contribution in [0, 0.1) is 0 Å². The van der Waals surface area contributed by atoms with Gasteiger partial charge in [-0.25, -0.2) is 0 Å². The second kappa shape index (κ2) is 8.35. The summed E-state index contributed by atoms with van der Waals surface area (Å²) >= 11 is 60.0. The summed E-state index contributed by atoms with van der Waals surface area (Å²) < 4.78 is 3.36. The number of hydrogen-bond donors (Lipinski definition) is 0. The molecule has 25 heavy (non-hydrogen) atoms. The average Bonchev–Trinajstić information content (AvgIpc) is 3.08. The molecule has 0 saturated heterocycles. The molecular formula is C12Cl9S3Si. The van der Waals surface area contributed by atoms with E-state index in [0.717, 1.165) is 13.5 Å². The zero-order chi connectivity index (χ0) is 18.6. The quantitative estimate of drug-likeness (QED) is 0.271. The second-order valence-corrected chi connectivity index (χ2v) is 14.8. The van der Waals surface area contributed by atoms with Gasteiger partial charge in [-0.15, -0.1) is 34.0 Å². The summed E-state index contributed by atoms with van der Waals surface area (Å²) in [5, 5.41) is 1.87. The van der Waals surface area contributed by atoms with Gasteiger partial charge in [0.25, 0.3) is 0 Å². The van der Waals surface area contributed by atoms with Crippen molar-refractivity contribution in [1.29, 1.82) is 0 Å². The molecule has 13 heteroatoms. The number of halogens is 9. The first-order chi connectivity index (χ1) is 11.6. The Morgan fingerprint density at radius 2 is 0.640 bits per heavy atom. The van der Waals surface area contributed by atoms with Gasteiger partial charge in [-0.3, -0.25) is 0 Å². The largest absolute Gasteiger partial charge is 0.200 e. The summed E-state index contributed by atoms with van der Waals surface area (Å²) in [6.07, 6.45) is 0. The standard InChI is InChI=1S/C12Cl9S3Si/c13-1-4(16)10(22-7(1)19)25(11-5(17)2(14)8(20)23-11)12-6(18)3(15)9(21)24-12. The lowest BCUT2D eigenvalue weighted by atomic mass is 10.6. The molecule has 0 aliphatic heterocycles. The van der Waals surface area contributed by atoms with Crippen molar-refractivity contribution in [3.05, 3.63) is 43.1 Å².